The normalized spacial score (nSPS) is 25.0. The molecule has 4 atom stereocenters. The monoisotopic (exact) mass is 434 g/mol. The van der Waals surface area contributed by atoms with Gasteiger partial charge in [-0.05, 0) is 91.7 Å². The smallest absolute Gasteiger partial charge is 0.160 e. The van der Waals surface area contributed by atoms with Gasteiger partial charge in [0.05, 0.1) is 0 Å². The molecule has 0 saturated heterocycles. The molecule has 0 spiro atoms. The lowest BCUT2D eigenvalue weighted by atomic mass is 9.63. The molecule has 0 radical (unpaired) electrons. The highest BCUT2D eigenvalue weighted by atomic mass is 19.2. The van der Waals surface area contributed by atoms with Crippen LogP contribution in [-0.2, 0) is 0 Å². The Morgan fingerprint density at radius 2 is 1.47 bits per heavy atom. The van der Waals surface area contributed by atoms with Gasteiger partial charge in [0.15, 0.2) is 11.6 Å². The molecule has 0 N–H and O–H groups in total. The lowest BCUT2D eigenvalue weighted by Gasteiger charge is -2.42. The summed E-state index contributed by atoms with van der Waals surface area (Å²) in [6, 6.07) is 12.4. The first-order valence-corrected chi connectivity index (χ1v) is 12.7. The number of fused-ring (bicyclic) bond motifs is 1. The fourth-order valence-electron chi connectivity index (χ4n) is 5.97. The Hall–Kier alpha value is -2.14. The van der Waals surface area contributed by atoms with Gasteiger partial charge >= 0.3 is 0 Å². The Labute approximate surface area is 192 Å². The van der Waals surface area contributed by atoms with Crippen LogP contribution in [0, 0.1) is 41.2 Å². The van der Waals surface area contributed by atoms with Crippen LogP contribution in [0.5, 0.6) is 0 Å². The van der Waals surface area contributed by atoms with Crippen molar-refractivity contribution in [2.75, 3.05) is 0 Å². The Bertz CT molecular complexity index is 934. The van der Waals surface area contributed by atoms with E-state index in [9.17, 15) is 8.78 Å². The van der Waals surface area contributed by atoms with Crippen molar-refractivity contribution >= 4 is 0 Å². The van der Waals surface area contributed by atoms with Gasteiger partial charge < -0.3 is 0 Å². The first-order chi connectivity index (χ1) is 15.6. The largest absolute Gasteiger partial charge is 0.204 e. The number of benzene rings is 2. The van der Waals surface area contributed by atoms with E-state index in [1.54, 1.807) is 0 Å². The van der Waals surface area contributed by atoms with Crippen LogP contribution < -0.4 is 0 Å². The van der Waals surface area contributed by atoms with Gasteiger partial charge in [-0.15, -0.1) is 0 Å². The summed E-state index contributed by atoms with van der Waals surface area (Å²) in [5.74, 6) is 7.84. The molecule has 32 heavy (non-hydrogen) atoms. The van der Waals surface area contributed by atoms with Crippen LogP contribution in [0.2, 0.25) is 0 Å². The average molecular weight is 435 g/mol. The molecule has 2 aliphatic rings. The summed E-state index contributed by atoms with van der Waals surface area (Å²) < 4.78 is 26.4. The Morgan fingerprint density at radius 3 is 2.25 bits per heavy atom. The lowest BCUT2D eigenvalue weighted by molar-refractivity contribution is 0.113. The highest BCUT2D eigenvalue weighted by Gasteiger charge is 2.35. The third kappa shape index (κ3) is 6.00. The van der Waals surface area contributed by atoms with Crippen molar-refractivity contribution in [3.05, 3.63) is 70.8 Å². The summed E-state index contributed by atoms with van der Waals surface area (Å²) in [6.07, 6.45) is 15.4. The van der Waals surface area contributed by atoms with E-state index in [4.69, 9.17) is 0 Å². The van der Waals surface area contributed by atoms with Crippen molar-refractivity contribution < 1.29 is 8.78 Å². The third-order valence-corrected chi connectivity index (χ3v) is 7.84. The minimum atomic E-state index is -0.853. The Morgan fingerprint density at radius 1 is 0.750 bits per heavy atom. The lowest BCUT2D eigenvalue weighted by Crippen LogP contribution is -2.30. The standard InChI is InChI=1S/C30H36F2/c1-2-3-4-5-6-23-11-15-28-21-27(17-16-26(28)19-23)25-13-9-22(10-14-25)7-8-24-12-18-29(31)30(32)20-24/h9-10,12-14,18,20,23,26-28H,2-6,11,15-17,19,21H2,1H3/t23?,26-,27-,28-/m1/s1. The van der Waals surface area contributed by atoms with Gasteiger partial charge in [-0.2, -0.15) is 0 Å². The van der Waals surface area contributed by atoms with Crippen molar-refractivity contribution in [2.45, 2.75) is 83.5 Å². The second kappa shape index (κ2) is 11.1. The molecule has 0 aromatic heterocycles. The van der Waals surface area contributed by atoms with Crippen LogP contribution in [0.15, 0.2) is 42.5 Å². The van der Waals surface area contributed by atoms with E-state index in [1.165, 1.54) is 82.3 Å². The zero-order chi connectivity index (χ0) is 22.3. The van der Waals surface area contributed by atoms with E-state index in [0.29, 0.717) is 11.5 Å². The molecular formula is C30H36F2. The van der Waals surface area contributed by atoms with Crippen LogP contribution in [0.3, 0.4) is 0 Å². The maximum Gasteiger partial charge on any atom is 0.160 e. The summed E-state index contributed by atoms with van der Waals surface area (Å²) in [4.78, 5) is 0. The van der Waals surface area contributed by atoms with E-state index in [1.807, 2.05) is 0 Å². The summed E-state index contributed by atoms with van der Waals surface area (Å²) >= 11 is 0. The molecule has 2 aliphatic carbocycles. The van der Waals surface area contributed by atoms with Crippen LogP contribution in [0.1, 0.15) is 100 Å². The van der Waals surface area contributed by atoms with Gasteiger partial charge in [0.2, 0.25) is 0 Å². The van der Waals surface area contributed by atoms with E-state index >= 15 is 0 Å². The van der Waals surface area contributed by atoms with Crippen LogP contribution in [0.4, 0.5) is 8.78 Å². The molecule has 1 unspecified atom stereocenters. The SMILES string of the molecule is CCCCCCC1CC[C@@H]2C[C@H](c3ccc(C#Cc4ccc(F)c(F)c4)cc3)CC[C@@H]2C1. The molecule has 0 nitrogen and oxygen atoms in total. The highest BCUT2D eigenvalue weighted by Crippen LogP contribution is 2.48. The quantitative estimate of drug-likeness (QED) is 0.315. The summed E-state index contributed by atoms with van der Waals surface area (Å²) in [5, 5.41) is 0. The molecule has 0 aliphatic heterocycles. The van der Waals surface area contributed by atoms with Crippen LogP contribution >= 0.6 is 0 Å². The number of halogens is 2. The Balaban J connectivity index is 1.30. The summed E-state index contributed by atoms with van der Waals surface area (Å²) in [6.45, 7) is 2.29. The summed E-state index contributed by atoms with van der Waals surface area (Å²) in [7, 11) is 0. The number of hydrogen-bond acceptors (Lipinski definition) is 0. The van der Waals surface area contributed by atoms with Gasteiger partial charge in [0, 0.05) is 11.1 Å². The van der Waals surface area contributed by atoms with Crippen molar-refractivity contribution in [3.8, 4) is 11.8 Å². The zero-order valence-corrected chi connectivity index (χ0v) is 19.4. The maximum absolute atomic E-state index is 13.3. The summed E-state index contributed by atoms with van der Waals surface area (Å²) in [5.41, 5.74) is 2.84. The molecule has 2 fully saturated rings. The zero-order valence-electron chi connectivity index (χ0n) is 19.4. The van der Waals surface area contributed by atoms with Crippen molar-refractivity contribution in [2.24, 2.45) is 17.8 Å². The first-order valence-electron chi connectivity index (χ1n) is 12.7. The average Bonchev–Trinajstić information content (AvgIpc) is 2.82. The minimum absolute atomic E-state index is 0.493. The van der Waals surface area contributed by atoms with Gasteiger partial charge in [-0.3, -0.25) is 0 Å². The molecule has 0 amide bonds. The molecule has 2 saturated carbocycles. The third-order valence-electron chi connectivity index (χ3n) is 7.84. The van der Waals surface area contributed by atoms with Gasteiger partial charge in [-0.25, -0.2) is 8.78 Å². The number of unbranched alkanes of at least 4 members (excludes halogenated alkanes) is 3. The second-order valence-electron chi connectivity index (χ2n) is 10.1. The van der Waals surface area contributed by atoms with Crippen molar-refractivity contribution in [1.82, 2.24) is 0 Å². The molecule has 2 aromatic carbocycles. The van der Waals surface area contributed by atoms with E-state index in [0.717, 1.165) is 35.4 Å². The van der Waals surface area contributed by atoms with Gasteiger partial charge in [0.25, 0.3) is 0 Å². The van der Waals surface area contributed by atoms with Crippen molar-refractivity contribution in [1.29, 1.82) is 0 Å². The number of hydrogen-bond donors (Lipinski definition) is 0. The molecular weight excluding hydrogens is 398 g/mol. The van der Waals surface area contributed by atoms with E-state index < -0.39 is 11.6 Å². The van der Waals surface area contributed by atoms with Crippen molar-refractivity contribution in [3.63, 3.8) is 0 Å². The predicted molar refractivity (Wildman–Crippen MR) is 128 cm³/mol. The van der Waals surface area contributed by atoms with E-state index in [2.05, 4.69) is 43.0 Å². The molecule has 0 heterocycles. The maximum atomic E-state index is 13.3. The predicted octanol–water partition coefficient (Wildman–Crippen LogP) is 8.64. The van der Waals surface area contributed by atoms with Gasteiger partial charge in [0.1, 0.15) is 0 Å². The van der Waals surface area contributed by atoms with E-state index in [-0.39, 0.29) is 0 Å². The fourth-order valence-corrected chi connectivity index (χ4v) is 5.97. The first kappa shape index (κ1) is 23.0. The molecule has 170 valence electrons. The van der Waals surface area contributed by atoms with Gasteiger partial charge in [-0.1, -0.05) is 69.4 Å². The second-order valence-corrected chi connectivity index (χ2v) is 10.1. The molecule has 0 bridgehead atoms. The highest BCUT2D eigenvalue weighted by molar-refractivity contribution is 5.44. The molecule has 2 aromatic rings. The molecule has 2 heteroatoms. The number of rotatable bonds is 6. The van der Waals surface area contributed by atoms with Crippen LogP contribution in [0.25, 0.3) is 0 Å². The molecule has 4 rings (SSSR count). The topological polar surface area (TPSA) is 0 Å². The fraction of sp³-hybridized carbons (Fsp3) is 0.533. The minimum Gasteiger partial charge on any atom is -0.204 e. The van der Waals surface area contributed by atoms with Crippen LogP contribution in [-0.4, -0.2) is 0 Å². The Kier molecular flexibility index (Phi) is 8.01.